The van der Waals surface area contributed by atoms with Crippen molar-refractivity contribution in [2.75, 3.05) is 0 Å². The molecule has 4 heteroatoms. The highest BCUT2D eigenvalue weighted by Crippen LogP contribution is 1.99. The van der Waals surface area contributed by atoms with Gasteiger partial charge in [0.2, 0.25) is 0 Å². The Hall–Kier alpha value is -0.900. The summed E-state index contributed by atoms with van der Waals surface area (Å²) < 4.78 is 0. The second-order valence-corrected chi connectivity index (χ2v) is 2.07. The molecule has 1 aromatic rings. The van der Waals surface area contributed by atoms with E-state index in [0.717, 1.165) is 4.88 Å². The third kappa shape index (κ3) is 1.04. The maximum atomic E-state index is 7.99. The normalized spacial score (nSPS) is 10.5. The minimum Gasteiger partial charge on any atom is -0.411 e. The van der Waals surface area contributed by atoms with Crippen molar-refractivity contribution in [3.05, 3.63) is 16.6 Å². The summed E-state index contributed by atoms with van der Waals surface area (Å²) in [5, 5.41) is 10.8. The highest BCUT2D eigenvalue weighted by Gasteiger charge is 1.84. The zero-order valence-electron chi connectivity index (χ0n) is 3.98. The molecule has 0 fully saturated rings. The summed E-state index contributed by atoms with van der Waals surface area (Å²) in [4.78, 5) is 4.61. The van der Waals surface area contributed by atoms with Gasteiger partial charge in [-0.3, -0.25) is 4.98 Å². The van der Waals surface area contributed by atoms with Gasteiger partial charge in [-0.15, -0.1) is 11.3 Å². The Bertz CT molecular complexity index is 170. The fourth-order valence-corrected chi connectivity index (χ4v) is 0.819. The average Bonchev–Trinajstić information content (AvgIpc) is 2.19. The molecule has 0 bridgehead atoms. The van der Waals surface area contributed by atoms with Crippen LogP contribution >= 0.6 is 11.3 Å². The first-order valence-corrected chi connectivity index (χ1v) is 2.87. The van der Waals surface area contributed by atoms with Gasteiger partial charge in [0.1, 0.15) is 0 Å². The van der Waals surface area contributed by atoms with Crippen LogP contribution in [0.1, 0.15) is 4.88 Å². The summed E-state index contributed by atoms with van der Waals surface area (Å²) in [6.07, 6.45) is 2.97. The van der Waals surface area contributed by atoms with Crippen molar-refractivity contribution in [2.24, 2.45) is 5.16 Å². The number of aromatic nitrogens is 1. The average molecular weight is 128 g/mol. The molecule has 0 saturated carbocycles. The van der Waals surface area contributed by atoms with Crippen LogP contribution in [0.4, 0.5) is 0 Å². The molecule has 0 unspecified atom stereocenters. The van der Waals surface area contributed by atoms with Crippen LogP contribution in [0.15, 0.2) is 16.9 Å². The van der Waals surface area contributed by atoms with Crippen molar-refractivity contribution in [3.63, 3.8) is 0 Å². The van der Waals surface area contributed by atoms with Crippen LogP contribution in [0, 0.1) is 0 Å². The van der Waals surface area contributed by atoms with Gasteiger partial charge in [-0.05, 0) is 0 Å². The quantitative estimate of drug-likeness (QED) is 0.347. The van der Waals surface area contributed by atoms with Gasteiger partial charge in [0.15, 0.2) is 0 Å². The number of hydrogen-bond donors (Lipinski definition) is 1. The smallest absolute Gasteiger partial charge is 0.0849 e. The van der Waals surface area contributed by atoms with E-state index in [1.807, 2.05) is 0 Å². The Morgan fingerprint density at radius 1 is 1.88 bits per heavy atom. The van der Waals surface area contributed by atoms with E-state index in [1.165, 1.54) is 17.6 Å². The standard InChI is InChI=1S/C4H4N2OS/c7-6-2-4-1-5-3-8-4/h1-3,7H/b6-2+. The summed E-state index contributed by atoms with van der Waals surface area (Å²) >= 11 is 1.43. The molecule has 1 N–H and O–H groups in total. The van der Waals surface area contributed by atoms with Crippen molar-refractivity contribution in [1.29, 1.82) is 0 Å². The monoisotopic (exact) mass is 128 g/mol. The Morgan fingerprint density at radius 2 is 2.75 bits per heavy atom. The molecule has 1 heterocycles. The molecule has 1 rings (SSSR count). The summed E-state index contributed by atoms with van der Waals surface area (Å²) in [7, 11) is 0. The largest absolute Gasteiger partial charge is 0.411 e. The molecule has 1 aromatic heterocycles. The highest BCUT2D eigenvalue weighted by atomic mass is 32.1. The Labute approximate surface area is 50.3 Å². The van der Waals surface area contributed by atoms with E-state index in [-0.39, 0.29) is 0 Å². The highest BCUT2D eigenvalue weighted by molar-refractivity contribution is 7.11. The minimum absolute atomic E-state index is 0.854. The van der Waals surface area contributed by atoms with Crippen molar-refractivity contribution < 1.29 is 5.21 Å². The lowest BCUT2D eigenvalue weighted by Crippen LogP contribution is -1.68. The van der Waals surface area contributed by atoms with Gasteiger partial charge in [-0.2, -0.15) is 0 Å². The number of oxime groups is 1. The van der Waals surface area contributed by atoms with Gasteiger partial charge in [0.25, 0.3) is 0 Å². The van der Waals surface area contributed by atoms with E-state index in [1.54, 1.807) is 11.7 Å². The summed E-state index contributed by atoms with van der Waals surface area (Å²) in [6.45, 7) is 0. The van der Waals surface area contributed by atoms with Gasteiger partial charge in [-0.25, -0.2) is 0 Å². The SMILES string of the molecule is O/N=C/c1cncs1. The fraction of sp³-hybridized carbons (Fsp3) is 0. The lowest BCUT2D eigenvalue weighted by Gasteiger charge is -1.71. The number of rotatable bonds is 1. The van der Waals surface area contributed by atoms with Crippen molar-refractivity contribution in [1.82, 2.24) is 4.98 Å². The van der Waals surface area contributed by atoms with Crippen molar-refractivity contribution in [2.45, 2.75) is 0 Å². The van der Waals surface area contributed by atoms with E-state index in [0.29, 0.717) is 0 Å². The van der Waals surface area contributed by atoms with E-state index in [9.17, 15) is 0 Å². The van der Waals surface area contributed by atoms with E-state index in [2.05, 4.69) is 10.1 Å². The maximum Gasteiger partial charge on any atom is 0.0849 e. The molecule has 42 valence electrons. The molecular weight excluding hydrogens is 124 g/mol. The third-order valence-electron chi connectivity index (χ3n) is 0.636. The molecule has 0 radical (unpaired) electrons. The molecular formula is C4H4N2OS. The molecule has 0 saturated heterocycles. The van der Waals surface area contributed by atoms with Crippen molar-refractivity contribution >= 4 is 17.6 Å². The van der Waals surface area contributed by atoms with Gasteiger partial charge in [0, 0.05) is 6.20 Å². The predicted molar refractivity (Wildman–Crippen MR) is 31.5 cm³/mol. The fourth-order valence-electron chi connectivity index (χ4n) is 0.346. The van der Waals surface area contributed by atoms with E-state index < -0.39 is 0 Å². The molecule has 0 aliphatic heterocycles. The molecule has 3 nitrogen and oxygen atoms in total. The van der Waals surface area contributed by atoms with Crippen LogP contribution in [0.2, 0.25) is 0 Å². The Balaban J connectivity index is 2.77. The number of nitrogens with zero attached hydrogens (tertiary/aromatic N) is 2. The lowest BCUT2D eigenvalue weighted by atomic mass is 10.6. The maximum absolute atomic E-state index is 7.99. The van der Waals surface area contributed by atoms with Crippen LogP contribution in [0.25, 0.3) is 0 Å². The lowest BCUT2D eigenvalue weighted by molar-refractivity contribution is 0.322. The second kappa shape index (κ2) is 2.42. The predicted octanol–water partition coefficient (Wildman–Crippen LogP) is 0.951. The van der Waals surface area contributed by atoms with Gasteiger partial charge < -0.3 is 5.21 Å². The molecule has 0 aliphatic rings. The van der Waals surface area contributed by atoms with Crippen LogP contribution in [-0.4, -0.2) is 16.4 Å². The summed E-state index contributed by atoms with van der Waals surface area (Å²) in [6, 6.07) is 0. The molecule has 0 amide bonds. The van der Waals surface area contributed by atoms with Crippen molar-refractivity contribution in [3.8, 4) is 0 Å². The zero-order valence-corrected chi connectivity index (χ0v) is 4.80. The van der Waals surface area contributed by atoms with Crippen LogP contribution in [0.5, 0.6) is 0 Å². The summed E-state index contributed by atoms with van der Waals surface area (Å²) in [5.41, 5.74) is 1.68. The first-order valence-electron chi connectivity index (χ1n) is 1.99. The van der Waals surface area contributed by atoms with E-state index >= 15 is 0 Å². The molecule has 0 aliphatic carbocycles. The minimum atomic E-state index is 0.854. The molecule has 0 aromatic carbocycles. The Kier molecular flexibility index (Phi) is 1.58. The number of hydrogen-bond acceptors (Lipinski definition) is 4. The van der Waals surface area contributed by atoms with Gasteiger partial charge in [0.05, 0.1) is 16.6 Å². The number of thiazole rings is 1. The zero-order chi connectivity index (χ0) is 5.82. The van der Waals surface area contributed by atoms with Crippen LogP contribution in [0.3, 0.4) is 0 Å². The van der Waals surface area contributed by atoms with Gasteiger partial charge in [-0.1, -0.05) is 5.16 Å². The van der Waals surface area contributed by atoms with Crippen LogP contribution < -0.4 is 0 Å². The van der Waals surface area contributed by atoms with E-state index in [4.69, 9.17) is 5.21 Å². The topological polar surface area (TPSA) is 45.5 Å². The molecule has 0 spiro atoms. The Morgan fingerprint density at radius 3 is 3.25 bits per heavy atom. The summed E-state index contributed by atoms with van der Waals surface area (Å²) in [5.74, 6) is 0. The second-order valence-electron chi connectivity index (χ2n) is 1.15. The molecule has 0 atom stereocenters. The molecule has 8 heavy (non-hydrogen) atoms. The van der Waals surface area contributed by atoms with Crippen LogP contribution in [-0.2, 0) is 0 Å². The first-order chi connectivity index (χ1) is 3.93. The third-order valence-corrected chi connectivity index (χ3v) is 1.35. The first kappa shape index (κ1) is 5.24. The van der Waals surface area contributed by atoms with Gasteiger partial charge >= 0.3 is 0 Å².